The van der Waals surface area contributed by atoms with Crippen LogP contribution in [0.4, 0.5) is 0 Å². The lowest BCUT2D eigenvalue weighted by molar-refractivity contribution is 0.0594. The highest BCUT2D eigenvalue weighted by Gasteiger charge is 2.33. The van der Waals surface area contributed by atoms with Crippen molar-refractivity contribution >= 4 is 23.2 Å². The quantitative estimate of drug-likeness (QED) is 0.575. The average Bonchev–Trinajstić information content (AvgIpc) is 3.46. The number of carbonyl (C=O) groups excluding carboxylic acids is 2. The molecular formula is C23H20N4O3S. The molecule has 1 saturated heterocycles. The van der Waals surface area contributed by atoms with Gasteiger partial charge in [0, 0.05) is 28.7 Å². The maximum absolute atomic E-state index is 13.5. The first-order chi connectivity index (χ1) is 15.0. The number of esters is 1. The molecule has 2 aromatic heterocycles. The lowest BCUT2D eigenvalue weighted by Crippen LogP contribution is -2.31. The van der Waals surface area contributed by atoms with E-state index >= 15 is 0 Å². The van der Waals surface area contributed by atoms with Crippen molar-refractivity contribution in [1.82, 2.24) is 14.9 Å². The molecule has 0 bridgehead atoms. The van der Waals surface area contributed by atoms with Crippen LogP contribution < -0.4 is 0 Å². The van der Waals surface area contributed by atoms with Crippen LogP contribution in [0.2, 0.25) is 0 Å². The van der Waals surface area contributed by atoms with Gasteiger partial charge in [0.1, 0.15) is 10.7 Å². The smallest absolute Gasteiger partial charge is 0.356 e. The number of methoxy groups -OCH3 is 1. The van der Waals surface area contributed by atoms with Crippen LogP contribution in [-0.2, 0) is 4.74 Å². The third-order valence-electron chi connectivity index (χ3n) is 5.23. The molecule has 1 amide bonds. The molecule has 8 heteroatoms. The van der Waals surface area contributed by atoms with E-state index in [1.165, 1.54) is 13.2 Å². The summed E-state index contributed by atoms with van der Waals surface area (Å²) in [6.07, 6.45) is 1.73. The number of aromatic nitrogens is 2. The molecule has 156 valence electrons. The molecule has 3 heterocycles. The van der Waals surface area contributed by atoms with Gasteiger partial charge in [0.2, 0.25) is 0 Å². The summed E-state index contributed by atoms with van der Waals surface area (Å²) in [7, 11) is 1.27. The maximum Gasteiger partial charge on any atom is 0.356 e. The lowest BCUT2D eigenvalue weighted by Gasteiger charge is -2.23. The second-order valence-electron chi connectivity index (χ2n) is 7.26. The number of amides is 1. The number of carbonyl (C=O) groups is 2. The number of nitrogens with zero attached hydrogens (tertiary/aromatic N) is 4. The Kier molecular flexibility index (Phi) is 5.78. The summed E-state index contributed by atoms with van der Waals surface area (Å²) in [5.41, 5.74) is 2.64. The first kappa shape index (κ1) is 20.7. The molecule has 7 nitrogen and oxygen atoms in total. The summed E-state index contributed by atoms with van der Waals surface area (Å²) in [6.45, 7) is 2.55. The Morgan fingerprint density at radius 3 is 2.77 bits per heavy atom. The fourth-order valence-corrected chi connectivity index (χ4v) is 4.71. The number of benzene rings is 1. The van der Waals surface area contributed by atoms with Crippen molar-refractivity contribution in [3.05, 3.63) is 69.3 Å². The van der Waals surface area contributed by atoms with Gasteiger partial charge in [-0.1, -0.05) is 18.2 Å². The zero-order chi connectivity index (χ0) is 22.0. The van der Waals surface area contributed by atoms with E-state index in [-0.39, 0.29) is 17.6 Å². The fourth-order valence-electron chi connectivity index (χ4n) is 3.76. The van der Waals surface area contributed by atoms with Crippen LogP contribution in [0.1, 0.15) is 56.0 Å². The number of thiazole rings is 1. The summed E-state index contributed by atoms with van der Waals surface area (Å²) in [5.74, 6) is -0.836. The van der Waals surface area contributed by atoms with E-state index in [1.807, 2.05) is 12.3 Å². The number of hydrogen-bond donors (Lipinski definition) is 0. The van der Waals surface area contributed by atoms with Gasteiger partial charge in [-0.2, -0.15) is 5.26 Å². The molecule has 1 aromatic carbocycles. The fraction of sp³-hybridized carbons (Fsp3) is 0.261. The van der Waals surface area contributed by atoms with Gasteiger partial charge in [0.05, 0.1) is 30.5 Å². The Morgan fingerprint density at radius 1 is 1.26 bits per heavy atom. The molecule has 1 fully saturated rings. The second-order valence-corrected chi connectivity index (χ2v) is 8.15. The van der Waals surface area contributed by atoms with Gasteiger partial charge in [-0.3, -0.25) is 4.79 Å². The van der Waals surface area contributed by atoms with Crippen LogP contribution in [0.15, 0.2) is 41.8 Å². The number of hydrogen-bond acceptors (Lipinski definition) is 7. The van der Waals surface area contributed by atoms with Gasteiger partial charge in [0.25, 0.3) is 5.91 Å². The number of rotatable bonds is 4. The van der Waals surface area contributed by atoms with Gasteiger partial charge in [-0.25, -0.2) is 14.8 Å². The first-order valence-corrected chi connectivity index (χ1v) is 10.7. The summed E-state index contributed by atoms with van der Waals surface area (Å²) in [5, 5.41) is 12.4. The molecule has 0 unspecified atom stereocenters. The molecule has 0 saturated carbocycles. The second kappa shape index (κ2) is 8.66. The van der Waals surface area contributed by atoms with Crippen LogP contribution >= 0.6 is 11.3 Å². The van der Waals surface area contributed by atoms with Gasteiger partial charge in [-0.05, 0) is 38.0 Å². The normalized spacial score (nSPS) is 15.5. The minimum Gasteiger partial charge on any atom is -0.464 e. The van der Waals surface area contributed by atoms with Crippen molar-refractivity contribution in [2.45, 2.75) is 25.8 Å². The summed E-state index contributed by atoms with van der Waals surface area (Å²) >= 11 is 1.55. The zero-order valence-electron chi connectivity index (χ0n) is 17.2. The molecule has 0 radical (unpaired) electrons. The van der Waals surface area contributed by atoms with Gasteiger partial charge in [0.15, 0.2) is 0 Å². The number of aryl methyl sites for hydroxylation is 1. The van der Waals surface area contributed by atoms with Crippen molar-refractivity contribution in [2.24, 2.45) is 0 Å². The van der Waals surface area contributed by atoms with E-state index in [4.69, 9.17) is 4.74 Å². The minimum absolute atomic E-state index is 0.0249. The summed E-state index contributed by atoms with van der Waals surface area (Å²) < 4.78 is 4.84. The van der Waals surface area contributed by atoms with Crippen LogP contribution in [0, 0.1) is 18.3 Å². The van der Waals surface area contributed by atoms with Crippen molar-refractivity contribution in [1.29, 1.82) is 5.26 Å². The van der Waals surface area contributed by atoms with E-state index in [1.54, 1.807) is 46.6 Å². The van der Waals surface area contributed by atoms with E-state index in [9.17, 15) is 14.9 Å². The third kappa shape index (κ3) is 4.05. The molecule has 0 N–H and O–H groups in total. The number of nitriles is 1. The van der Waals surface area contributed by atoms with Gasteiger partial charge < -0.3 is 9.64 Å². The van der Waals surface area contributed by atoms with Crippen LogP contribution in [0.3, 0.4) is 0 Å². The van der Waals surface area contributed by atoms with Crippen molar-refractivity contribution in [2.75, 3.05) is 13.7 Å². The SMILES string of the molecule is COC(=O)c1cc(C(=O)N2CCC[C@@H]2c2nc(C)cs2)cc(-c2ccccc2C#N)n1. The Balaban J connectivity index is 1.77. The highest BCUT2D eigenvalue weighted by Crippen LogP contribution is 2.35. The van der Waals surface area contributed by atoms with Crippen LogP contribution in [-0.4, -0.2) is 40.4 Å². The zero-order valence-corrected chi connectivity index (χ0v) is 18.0. The molecule has 0 spiro atoms. The molecular weight excluding hydrogens is 412 g/mol. The standard InChI is InChI=1S/C23H20N4O3S/c1-14-13-31-21(25-14)20-8-5-9-27(20)22(28)16-10-18(26-19(11-16)23(29)30-2)17-7-4-3-6-15(17)12-24/h3-4,6-7,10-11,13,20H,5,8-9H2,1-2H3/t20-/m1/s1. The van der Waals surface area contributed by atoms with Crippen molar-refractivity contribution in [3.8, 4) is 17.3 Å². The molecule has 4 rings (SSSR count). The van der Waals surface area contributed by atoms with Crippen molar-refractivity contribution < 1.29 is 14.3 Å². The van der Waals surface area contributed by atoms with E-state index < -0.39 is 5.97 Å². The summed E-state index contributed by atoms with van der Waals surface area (Å²) in [4.78, 5) is 36.5. The number of ether oxygens (including phenoxy) is 1. The van der Waals surface area contributed by atoms with E-state index in [2.05, 4.69) is 16.0 Å². The largest absolute Gasteiger partial charge is 0.464 e. The van der Waals surface area contributed by atoms with Gasteiger partial charge in [-0.15, -0.1) is 11.3 Å². The predicted molar refractivity (Wildman–Crippen MR) is 116 cm³/mol. The van der Waals surface area contributed by atoms with E-state index in [0.717, 1.165) is 23.5 Å². The topological polar surface area (TPSA) is 96.2 Å². The maximum atomic E-state index is 13.5. The Hall–Kier alpha value is -3.57. The monoisotopic (exact) mass is 432 g/mol. The third-order valence-corrected chi connectivity index (χ3v) is 6.29. The van der Waals surface area contributed by atoms with Gasteiger partial charge >= 0.3 is 5.97 Å². The average molecular weight is 433 g/mol. The lowest BCUT2D eigenvalue weighted by atomic mass is 10.0. The highest BCUT2D eigenvalue weighted by molar-refractivity contribution is 7.09. The number of pyridine rings is 1. The molecule has 31 heavy (non-hydrogen) atoms. The molecule has 0 aliphatic carbocycles. The van der Waals surface area contributed by atoms with Crippen LogP contribution in [0.5, 0.6) is 0 Å². The van der Waals surface area contributed by atoms with Crippen LogP contribution in [0.25, 0.3) is 11.3 Å². The molecule has 1 aliphatic rings. The molecule has 1 atom stereocenters. The molecule has 3 aromatic rings. The summed E-state index contributed by atoms with van der Waals surface area (Å²) in [6, 6.07) is 12.1. The predicted octanol–water partition coefficient (Wildman–Crippen LogP) is 4.15. The minimum atomic E-state index is -0.640. The molecule has 1 aliphatic heterocycles. The Bertz CT molecular complexity index is 1200. The van der Waals surface area contributed by atoms with E-state index in [0.29, 0.717) is 28.9 Å². The Morgan fingerprint density at radius 2 is 2.06 bits per heavy atom. The Labute approximate surface area is 183 Å². The van der Waals surface area contributed by atoms with Crippen molar-refractivity contribution in [3.63, 3.8) is 0 Å². The number of likely N-dealkylation sites (tertiary alicyclic amines) is 1. The highest BCUT2D eigenvalue weighted by atomic mass is 32.1. The first-order valence-electron chi connectivity index (χ1n) is 9.84.